The van der Waals surface area contributed by atoms with Gasteiger partial charge in [0.2, 0.25) is 5.01 Å². The number of esters is 2. The molecule has 63 heavy (non-hydrogen) atoms. The summed E-state index contributed by atoms with van der Waals surface area (Å²) >= 11 is 10.1. The number of rotatable bonds is 10. The molecule has 3 heterocycles. The number of thiazole rings is 3. The van der Waals surface area contributed by atoms with Crippen LogP contribution in [0.4, 0.5) is 0 Å². The molecule has 0 bridgehead atoms. The number of nitrogens with zero attached hydrogens (tertiary/aromatic N) is 3. The molecule has 0 spiro atoms. The van der Waals surface area contributed by atoms with Gasteiger partial charge in [0.25, 0.3) is 0 Å². The van der Waals surface area contributed by atoms with Gasteiger partial charge in [0, 0.05) is 38.4 Å². The minimum absolute atomic E-state index is 0.0253. The fraction of sp³-hybridized carbons (Fsp3) is 0.136. The molecule has 0 aliphatic heterocycles. The van der Waals surface area contributed by atoms with Crippen molar-refractivity contribution in [3.63, 3.8) is 0 Å². The number of carbonyl (C=O) groups is 4. The van der Waals surface area contributed by atoms with E-state index in [1.54, 1.807) is 13.8 Å². The Morgan fingerprint density at radius 3 is 1.51 bits per heavy atom. The van der Waals surface area contributed by atoms with Gasteiger partial charge in [-0.15, -0.1) is 34.0 Å². The number of aldehydes is 1. The molecular formula is C44H41BrMnN4O9S4. The van der Waals surface area contributed by atoms with Crippen molar-refractivity contribution in [2.24, 2.45) is 5.73 Å². The topological polar surface area (TPSA) is 206 Å². The summed E-state index contributed by atoms with van der Waals surface area (Å²) in [6.07, 6.45) is 0.775. The van der Waals surface area contributed by atoms with Gasteiger partial charge in [-0.05, 0) is 13.8 Å². The van der Waals surface area contributed by atoms with E-state index in [2.05, 4.69) is 47.8 Å². The Balaban J connectivity index is 0.000000271. The summed E-state index contributed by atoms with van der Waals surface area (Å²) in [5, 5.41) is 16.6. The van der Waals surface area contributed by atoms with Crippen LogP contribution in [0.5, 0.6) is 0 Å². The van der Waals surface area contributed by atoms with E-state index in [1.807, 2.05) is 137 Å². The van der Waals surface area contributed by atoms with Gasteiger partial charge in [-0.3, -0.25) is 9.59 Å². The van der Waals surface area contributed by atoms with Crippen molar-refractivity contribution in [2.45, 2.75) is 20.5 Å². The Morgan fingerprint density at radius 1 is 0.698 bits per heavy atom. The molecule has 0 saturated heterocycles. The Hall–Kier alpha value is -5.50. The minimum atomic E-state index is -1.44. The van der Waals surface area contributed by atoms with Crippen LogP contribution in [0.25, 0.3) is 33.8 Å². The first-order valence-corrected chi connectivity index (χ1v) is 23.4. The van der Waals surface area contributed by atoms with Gasteiger partial charge in [0.05, 0.1) is 42.2 Å². The normalized spacial score (nSPS) is 9.40. The molecule has 0 aliphatic carbocycles. The second-order valence-electron chi connectivity index (χ2n) is 11.4. The maximum absolute atomic E-state index is 11.4. The number of alkyl halides is 1. The first-order chi connectivity index (χ1) is 30.5. The van der Waals surface area contributed by atoms with Crippen molar-refractivity contribution in [3.05, 3.63) is 158 Å². The van der Waals surface area contributed by atoms with Gasteiger partial charge in [-0.25, -0.2) is 24.5 Å². The number of Topliss-reactive ketones (excluding diaryl/α,β-unsaturated/α-hetero) is 1. The average Bonchev–Trinajstić information content (AvgIpc) is 4.14. The molecule has 19 heteroatoms. The zero-order valence-electron chi connectivity index (χ0n) is 33.7. The zero-order chi connectivity index (χ0) is 46.2. The summed E-state index contributed by atoms with van der Waals surface area (Å²) in [5.41, 5.74) is 11.4. The Morgan fingerprint density at radius 2 is 1.13 bits per heavy atom. The number of aliphatic hydroxyl groups is 1. The third kappa shape index (κ3) is 21.0. The number of hydrogen-bond donors (Lipinski definition) is 2. The van der Waals surface area contributed by atoms with Gasteiger partial charge < -0.3 is 20.3 Å². The third-order valence-corrected chi connectivity index (χ3v) is 10.3. The van der Waals surface area contributed by atoms with Crippen LogP contribution in [-0.2, 0) is 43.4 Å². The SMILES string of the molecule is CCOC(=O)C(N)=S.CCOC(=O)c1nc(-c2ccccc2)cs1.O=C(CBr)c1ccccc1.O=Cc1nc(-c2ccccc2)cs1.OCc1nc(-c2ccccc2)cs1.[O]=[Mn]=[O]. The summed E-state index contributed by atoms with van der Waals surface area (Å²) in [7, 11) is 0. The molecule has 7 aromatic rings. The van der Waals surface area contributed by atoms with E-state index in [9.17, 15) is 19.2 Å². The fourth-order valence-corrected chi connectivity index (χ4v) is 6.80. The number of aromatic nitrogens is 3. The van der Waals surface area contributed by atoms with Gasteiger partial charge in [-0.1, -0.05) is 149 Å². The Kier molecular flexibility index (Phi) is 27.4. The van der Waals surface area contributed by atoms with Crippen LogP contribution >= 0.6 is 62.2 Å². The summed E-state index contributed by atoms with van der Waals surface area (Å²) in [5.74, 6) is -0.835. The molecule has 329 valence electrons. The molecule has 0 aliphatic rings. The van der Waals surface area contributed by atoms with Crippen LogP contribution in [0.3, 0.4) is 0 Å². The van der Waals surface area contributed by atoms with Crippen molar-refractivity contribution in [1.82, 2.24) is 15.0 Å². The Bertz CT molecular complexity index is 2450. The molecule has 3 aromatic heterocycles. The zero-order valence-corrected chi connectivity index (χ0v) is 39.7. The second kappa shape index (κ2) is 32.2. The van der Waals surface area contributed by atoms with Crippen molar-refractivity contribution < 1.29 is 56.2 Å². The second-order valence-corrected chi connectivity index (χ2v) is 15.3. The fourth-order valence-electron chi connectivity index (χ4n) is 4.41. The van der Waals surface area contributed by atoms with E-state index >= 15 is 0 Å². The summed E-state index contributed by atoms with van der Waals surface area (Å²) in [6.45, 7) is 4.19. The molecule has 0 atom stereocenters. The predicted octanol–water partition coefficient (Wildman–Crippen LogP) is 9.77. The summed E-state index contributed by atoms with van der Waals surface area (Å²) in [6, 6.07) is 38.8. The van der Waals surface area contributed by atoms with E-state index in [-0.39, 0.29) is 23.3 Å². The summed E-state index contributed by atoms with van der Waals surface area (Å²) < 4.78 is 26.1. The van der Waals surface area contributed by atoms with E-state index in [0.29, 0.717) is 28.6 Å². The first-order valence-electron chi connectivity index (χ1n) is 18.3. The summed E-state index contributed by atoms with van der Waals surface area (Å²) in [4.78, 5) is 55.5. The number of aliphatic hydroxyl groups excluding tert-OH is 1. The number of hydrogen-bond acceptors (Lipinski definition) is 16. The van der Waals surface area contributed by atoms with E-state index in [4.69, 9.17) is 23.2 Å². The monoisotopic (exact) mass is 1030 g/mol. The number of thiocarbonyl (C=S) groups is 1. The van der Waals surface area contributed by atoms with Crippen molar-refractivity contribution >= 4 is 91.2 Å². The first kappa shape index (κ1) is 53.6. The number of halogens is 1. The quantitative estimate of drug-likeness (QED) is 0.0327. The van der Waals surface area contributed by atoms with Crippen LogP contribution in [0.1, 0.15) is 48.8 Å². The van der Waals surface area contributed by atoms with Gasteiger partial charge in [0.15, 0.2) is 22.1 Å². The molecular weight excluding hydrogens is 992 g/mol. The molecule has 0 saturated carbocycles. The molecule has 7 rings (SSSR count). The van der Waals surface area contributed by atoms with Crippen LogP contribution in [0.2, 0.25) is 0 Å². The maximum atomic E-state index is 11.4. The van der Waals surface area contributed by atoms with Gasteiger partial charge in [0.1, 0.15) is 5.01 Å². The van der Waals surface area contributed by atoms with Crippen LogP contribution in [-0.4, -0.2) is 67.6 Å². The van der Waals surface area contributed by atoms with Crippen LogP contribution in [0.15, 0.2) is 137 Å². The van der Waals surface area contributed by atoms with Crippen molar-refractivity contribution in [3.8, 4) is 33.8 Å². The van der Waals surface area contributed by atoms with Gasteiger partial charge >= 0.3 is 34.4 Å². The van der Waals surface area contributed by atoms with E-state index < -0.39 is 20.8 Å². The molecule has 0 fully saturated rings. The molecule has 4 aromatic carbocycles. The molecule has 0 radical (unpaired) electrons. The van der Waals surface area contributed by atoms with Crippen LogP contribution < -0.4 is 5.73 Å². The van der Waals surface area contributed by atoms with E-state index in [1.165, 1.54) is 34.0 Å². The van der Waals surface area contributed by atoms with Crippen molar-refractivity contribution in [1.29, 1.82) is 0 Å². The molecule has 13 nitrogen and oxygen atoms in total. The number of carbonyl (C=O) groups excluding carboxylic acids is 4. The van der Waals surface area contributed by atoms with Gasteiger partial charge in [-0.2, -0.15) is 0 Å². The Labute approximate surface area is 396 Å². The van der Waals surface area contributed by atoms with E-state index in [0.717, 1.165) is 50.6 Å². The van der Waals surface area contributed by atoms with Crippen molar-refractivity contribution in [2.75, 3.05) is 18.5 Å². The molecule has 0 unspecified atom stereocenters. The number of ether oxygens (including phenoxy) is 2. The third-order valence-electron chi connectivity index (χ3n) is 7.17. The number of benzene rings is 4. The molecule has 3 N–H and O–H groups in total. The standard InChI is InChI=1S/C12H11NO2S.C10H9NOS.C10H7NOS.C8H7BrO.C4H7NO2S.Mn.2O/c1-2-15-12(14)11-13-10(8-16-11)9-6-4-3-5-7-9;2*12-6-10-11-9(7-13-10)8-4-2-1-3-5-8;9-6-8(10)7-4-2-1-3-5-7;1-2-7-4(6)3(5)8;;;/h3-8H,2H2,1H3;1-5,7,12H,6H2;1-7H;1-5H,6H2;2H2,1H3,(H2,5,8);;;. The number of ketones is 1. The predicted molar refractivity (Wildman–Crippen MR) is 249 cm³/mol. The average molecular weight is 1030 g/mol. The molecule has 0 amide bonds. The number of nitrogens with two attached hydrogens (primary N) is 1. The van der Waals surface area contributed by atoms with Crippen LogP contribution in [0, 0.1) is 0 Å².